The molecule has 0 bridgehead atoms. The summed E-state index contributed by atoms with van der Waals surface area (Å²) < 4.78 is 11.9. The zero-order chi connectivity index (χ0) is 24.7. The highest BCUT2D eigenvalue weighted by Gasteiger charge is 2.34. The third kappa shape index (κ3) is 7.18. The zero-order valence-electron chi connectivity index (χ0n) is 21.4. The highest BCUT2D eigenvalue weighted by molar-refractivity contribution is 5.97. The normalized spacial score (nSPS) is 22.5. The first-order valence-electron chi connectivity index (χ1n) is 12.6. The first-order valence-corrected chi connectivity index (χ1v) is 12.6. The Morgan fingerprint density at radius 3 is 2.68 bits per heavy atom. The van der Waals surface area contributed by atoms with Crippen molar-refractivity contribution in [1.82, 2.24) is 14.8 Å². The van der Waals surface area contributed by atoms with Gasteiger partial charge in [-0.25, -0.2) is 4.98 Å². The molecule has 1 aromatic heterocycles. The van der Waals surface area contributed by atoms with Gasteiger partial charge >= 0.3 is 0 Å². The number of hydrogen-bond donors (Lipinski definition) is 1. The Hall–Kier alpha value is -2.14. The molecular formula is C27H41N3O4. The van der Waals surface area contributed by atoms with Crippen LogP contribution in [0.5, 0.6) is 5.88 Å². The summed E-state index contributed by atoms with van der Waals surface area (Å²) in [5, 5.41) is 9.84. The van der Waals surface area contributed by atoms with Crippen LogP contribution in [0.3, 0.4) is 0 Å². The van der Waals surface area contributed by atoms with Crippen molar-refractivity contribution in [2.75, 3.05) is 46.5 Å². The van der Waals surface area contributed by atoms with Crippen molar-refractivity contribution in [2.45, 2.75) is 59.1 Å². The van der Waals surface area contributed by atoms with Crippen LogP contribution in [0.25, 0.3) is 0 Å². The lowest BCUT2D eigenvalue weighted by Crippen LogP contribution is -2.50. The molecule has 1 fully saturated rings. The quantitative estimate of drug-likeness (QED) is 0.616. The minimum atomic E-state index is -0.294. The lowest BCUT2D eigenvalue weighted by atomic mass is 9.97. The molecule has 34 heavy (non-hydrogen) atoms. The molecule has 2 aliphatic rings. The van der Waals surface area contributed by atoms with E-state index in [-0.39, 0.29) is 30.6 Å². The van der Waals surface area contributed by atoms with Crippen LogP contribution in [-0.2, 0) is 4.74 Å². The molecule has 3 rings (SSSR count). The number of fused-ring (bicyclic) bond motifs is 1. The molecule has 0 spiro atoms. The lowest BCUT2D eigenvalue weighted by Gasteiger charge is -2.38. The third-order valence-electron chi connectivity index (χ3n) is 6.67. The van der Waals surface area contributed by atoms with Gasteiger partial charge in [-0.1, -0.05) is 32.6 Å². The average molecular weight is 472 g/mol. The van der Waals surface area contributed by atoms with Crippen LogP contribution in [-0.4, -0.2) is 84.4 Å². The van der Waals surface area contributed by atoms with Crippen LogP contribution >= 0.6 is 0 Å². The van der Waals surface area contributed by atoms with E-state index >= 15 is 0 Å². The zero-order valence-corrected chi connectivity index (χ0v) is 21.4. The predicted molar refractivity (Wildman–Crippen MR) is 133 cm³/mol. The molecule has 0 radical (unpaired) electrons. The van der Waals surface area contributed by atoms with Crippen LogP contribution in [0.15, 0.2) is 12.3 Å². The molecule has 0 aliphatic carbocycles. The molecule has 1 N–H and O–H groups in total. The van der Waals surface area contributed by atoms with E-state index in [1.54, 1.807) is 17.2 Å². The summed E-state index contributed by atoms with van der Waals surface area (Å²) >= 11 is 0. The Morgan fingerprint density at radius 1 is 1.26 bits per heavy atom. The van der Waals surface area contributed by atoms with E-state index in [4.69, 9.17) is 9.47 Å². The minimum absolute atomic E-state index is 0.0792. The molecule has 7 nitrogen and oxygen atoms in total. The molecule has 7 heteroatoms. The summed E-state index contributed by atoms with van der Waals surface area (Å²) in [7, 11) is 2.13. The number of aliphatic hydroxyl groups is 1. The standard InChI is InChI=1S/C27H41N3O4/c1-19(2)7-6-8-23-13-24-26(28-14-23)34-25(17-29(5)16-22-9-11-33-12-10-22)20(3)15-30(27(24)32)21(4)18-31/h13-14,19-22,25,31H,7,9-12,15-18H2,1-5H3/t20-,21+,25-/m1/s1. The molecule has 3 heterocycles. The smallest absolute Gasteiger partial charge is 0.259 e. The Kier molecular flexibility index (Phi) is 9.75. The van der Waals surface area contributed by atoms with Crippen molar-refractivity contribution in [3.8, 4) is 17.7 Å². The van der Waals surface area contributed by atoms with Crippen molar-refractivity contribution in [1.29, 1.82) is 0 Å². The number of hydrogen-bond acceptors (Lipinski definition) is 6. The maximum Gasteiger partial charge on any atom is 0.259 e. The maximum absolute atomic E-state index is 13.5. The first kappa shape index (κ1) is 26.5. The van der Waals surface area contributed by atoms with Crippen LogP contribution < -0.4 is 4.74 Å². The monoisotopic (exact) mass is 471 g/mol. The number of ether oxygens (including phenoxy) is 2. The Bertz CT molecular complexity index is 872. The van der Waals surface area contributed by atoms with E-state index in [0.29, 0.717) is 35.4 Å². The van der Waals surface area contributed by atoms with Gasteiger partial charge in [0.1, 0.15) is 11.7 Å². The van der Waals surface area contributed by atoms with Gasteiger partial charge in [0.05, 0.1) is 12.6 Å². The second-order valence-electron chi connectivity index (χ2n) is 10.4. The van der Waals surface area contributed by atoms with E-state index in [1.807, 2.05) is 6.92 Å². The van der Waals surface area contributed by atoms with Crippen molar-refractivity contribution < 1.29 is 19.4 Å². The molecule has 1 amide bonds. The third-order valence-corrected chi connectivity index (χ3v) is 6.67. The van der Waals surface area contributed by atoms with E-state index in [9.17, 15) is 9.90 Å². The van der Waals surface area contributed by atoms with Gasteiger partial charge in [0.2, 0.25) is 5.88 Å². The van der Waals surface area contributed by atoms with Crippen molar-refractivity contribution >= 4 is 5.91 Å². The number of amides is 1. The van der Waals surface area contributed by atoms with Gasteiger partial charge in [0, 0.05) is 56.9 Å². The Morgan fingerprint density at radius 2 is 2.00 bits per heavy atom. The molecule has 188 valence electrons. The van der Waals surface area contributed by atoms with Crippen molar-refractivity contribution in [2.24, 2.45) is 17.8 Å². The number of likely N-dealkylation sites (N-methyl/N-ethyl adjacent to an activating group) is 1. The number of nitrogens with zero attached hydrogens (tertiary/aromatic N) is 3. The summed E-state index contributed by atoms with van der Waals surface area (Å²) in [5.41, 5.74) is 1.12. The van der Waals surface area contributed by atoms with E-state index < -0.39 is 0 Å². The summed E-state index contributed by atoms with van der Waals surface area (Å²) in [5.74, 6) is 7.67. The Balaban J connectivity index is 1.84. The number of carbonyl (C=O) groups is 1. The molecule has 3 atom stereocenters. The van der Waals surface area contributed by atoms with Gasteiger partial charge in [0.25, 0.3) is 5.91 Å². The van der Waals surface area contributed by atoms with Gasteiger partial charge in [0.15, 0.2) is 0 Å². The average Bonchev–Trinajstić information content (AvgIpc) is 2.81. The van der Waals surface area contributed by atoms with Gasteiger partial charge < -0.3 is 24.4 Å². The summed E-state index contributed by atoms with van der Waals surface area (Å²) in [6.45, 7) is 12.1. The number of carbonyl (C=O) groups excluding carboxylic acids is 1. The fourth-order valence-corrected chi connectivity index (χ4v) is 4.50. The molecule has 1 aromatic rings. The molecule has 0 unspecified atom stereocenters. The van der Waals surface area contributed by atoms with Gasteiger partial charge in [-0.3, -0.25) is 4.79 Å². The van der Waals surface area contributed by atoms with Crippen LogP contribution in [0.1, 0.15) is 62.9 Å². The fraction of sp³-hybridized carbons (Fsp3) is 0.704. The second kappa shape index (κ2) is 12.5. The maximum atomic E-state index is 13.5. The number of rotatable bonds is 7. The van der Waals surface area contributed by atoms with Crippen LogP contribution in [0.4, 0.5) is 0 Å². The topological polar surface area (TPSA) is 75.1 Å². The van der Waals surface area contributed by atoms with Crippen molar-refractivity contribution in [3.05, 3.63) is 23.4 Å². The van der Waals surface area contributed by atoms with E-state index in [1.165, 1.54) is 0 Å². The van der Waals surface area contributed by atoms with E-state index in [2.05, 4.69) is 49.5 Å². The minimum Gasteiger partial charge on any atom is -0.472 e. The predicted octanol–water partition coefficient (Wildman–Crippen LogP) is 3.06. The van der Waals surface area contributed by atoms with Crippen molar-refractivity contribution in [3.63, 3.8) is 0 Å². The largest absolute Gasteiger partial charge is 0.472 e. The number of pyridine rings is 1. The molecule has 0 aromatic carbocycles. The van der Waals surface area contributed by atoms with E-state index in [0.717, 1.165) is 45.6 Å². The van der Waals surface area contributed by atoms with Crippen LogP contribution in [0, 0.1) is 29.6 Å². The number of aliphatic hydroxyl groups excluding tert-OH is 1. The SMILES string of the molecule is CC(C)CC#Cc1cnc2c(c1)C(=O)N([C@@H](C)CO)C[C@@H](C)[C@@H](CN(C)CC1CCOCC1)O2. The number of aromatic nitrogens is 1. The van der Waals surface area contributed by atoms with Gasteiger partial charge in [-0.2, -0.15) is 0 Å². The Labute approximate surface area is 204 Å². The summed E-state index contributed by atoms with van der Waals surface area (Å²) in [4.78, 5) is 22.1. The molecule has 2 aliphatic heterocycles. The van der Waals surface area contributed by atoms with Crippen LogP contribution in [0.2, 0.25) is 0 Å². The summed E-state index contributed by atoms with van der Waals surface area (Å²) in [6, 6.07) is 1.49. The highest BCUT2D eigenvalue weighted by Crippen LogP contribution is 2.27. The molecular weight excluding hydrogens is 430 g/mol. The highest BCUT2D eigenvalue weighted by atomic mass is 16.5. The molecule has 0 saturated carbocycles. The van der Waals surface area contributed by atoms with Gasteiger partial charge in [-0.15, -0.1) is 0 Å². The van der Waals surface area contributed by atoms with Gasteiger partial charge in [-0.05, 0) is 44.7 Å². The fourth-order valence-electron chi connectivity index (χ4n) is 4.50. The second-order valence-corrected chi connectivity index (χ2v) is 10.4. The lowest BCUT2D eigenvalue weighted by molar-refractivity contribution is 0.0254. The summed E-state index contributed by atoms with van der Waals surface area (Å²) in [6.07, 6.45) is 4.53. The first-order chi connectivity index (χ1) is 16.3. The molecule has 1 saturated heterocycles.